The average molecular weight is 161 g/mol. The molecule has 1 atom stereocenters. The highest BCUT2D eigenvalue weighted by molar-refractivity contribution is 5.79. The van der Waals surface area contributed by atoms with Gasteiger partial charge >= 0.3 is 5.97 Å². The molecule has 0 aromatic rings. The molecule has 0 unspecified atom stereocenters. The van der Waals surface area contributed by atoms with Crippen molar-refractivity contribution in [2.75, 3.05) is 13.2 Å². The number of ketones is 1. The van der Waals surface area contributed by atoms with Crippen molar-refractivity contribution >= 4 is 11.8 Å². The third kappa shape index (κ3) is 4.46. The summed E-state index contributed by atoms with van der Waals surface area (Å²) in [6, 6.07) is -1.04. The Morgan fingerprint density at radius 1 is 1.55 bits per heavy atom. The van der Waals surface area contributed by atoms with E-state index in [1.54, 1.807) is 0 Å². The van der Waals surface area contributed by atoms with Crippen LogP contribution in [0.3, 0.4) is 0 Å². The summed E-state index contributed by atoms with van der Waals surface area (Å²) in [4.78, 5) is 20.6. The van der Waals surface area contributed by atoms with E-state index < -0.39 is 18.6 Å². The van der Waals surface area contributed by atoms with Crippen molar-refractivity contribution < 1.29 is 19.8 Å². The number of aliphatic carboxylic acids is 1. The minimum atomic E-state index is -1.16. The fourth-order valence-electron chi connectivity index (χ4n) is 0.497. The monoisotopic (exact) mass is 161 g/mol. The van der Waals surface area contributed by atoms with Gasteiger partial charge in [-0.3, -0.25) is 14.9 Å². The van der Waals surface area contributed by atoms with Gasteiger partial charge in [-0.25, -0.2) is 0 Å². The summed E-state index contributed by atoms with van der Waals surface area (Å²) in [6.07, 6.45) is 0. The fourth-order valence-corrected chi connectivity index (χ4v) is 0.497. The Hall–Kier alpha value is -0.940. The van der Waals surface area contributed by atoms with E-state index in [1.165, 1.54) is 6.92 Å². The Morgan fingerprint density at radius 3 is 2.36 bits per heavy atom. The van der Waals surface area contributed by atoms with Crippen LogP contribution in [0.15, 0.2) is 0 Å². The van der Waals surface area contributed by atoms with Gasteiger partial charge in [0.1, 0.15) is 11.8 Å². The fraction of sp³-hybridized carbons (Fsp3) is 0.667. The van der Waals surface area contributed by atoms with Crippen molar-refractivity contribution in [1.82, 2.24) is 5.32 Å². The second-order valence-electron chi connectivity index (χ2n) is 2.16. The van der Waals surface area contributed by atoms with Gasteiger partial charge in [-0.1, -0.05) is 0 Å². The van der Waals surface area contributed by atoms with Crippen LogP contribution in [0.25, 0.3) is 0 Å². The van der Waals surface area contributed by atoms with Crippen molar-refractivity contribution in [2.24, 2.45) is 0 Å². The molecule has 0 aromatic carbocycles. The van der Waals surface area contributed by atoms with Crippen LogP contribution >= 0.6 is 0 Å². The standard InChI is InChI=1S/C6H11NO4/c1-4(9)2-7-5(3-8)6(10)11/h5,7-8H,2-3H2,1H3,(H,10,11)/t5-/m0/s1. The van der Waals surface area contributed by atoms with E-state index in [-0.39, 0.29) is 12.3 Å². The maximum Gasteiger partial charge on any atom is 0.323 e. The molecule has 0 saturated heterocycles. The summed E-state index contributed by atoms with van der Waals surface area (Å²) in [5, 5.41) is 19.2. The van der Waals surface area contributed by atoms with Crippen molar-refractivity contribution in [3.05, 3.63) is 0 Å². The second kappa shape index (κ2) is 4.81. The highest BCUT2D eigenvalue weighted by Crippen LogP contribution is 1.80. The molecule has 0 saturated carbocycles. The van der Waals surface area contributed by atoms with E-state index in [9.17, 15) is 9.59 Å². The van der Waals surface area contributed by atoms with Gasteiger partial charge < -0.3 is 10.2 Å². The quantitative estimate of drug-likeness (QED) is 0.462. The molecule has 0 bridgehead atoms. The Balaban J connectivity index is 3.70. The molecular formula is C6H11NO4. The van der Waals surface area contributed by atoms with Crippen molar-refractivity contribution in [1.29, 1.82) is 0 Å². The first-order valence-corrected chi connectivity index (χ1v) is 3.14. The average Bonchev–Trinajstić information content (AvgIpc) is 1.87. The third-order valence-electron chi connectivity index (χ3n) is 1.08. The van der Waals surface area contributed by atoms with Gasteiger partial charge in [-0.2, -0.15) is 0 Å². The number of hydrogen-bond donors (Lipinski definition) is 3. The molecule has 0 rings (SSSR count). The molecule has 5 heteroatoms. The molecule has 3 N–H and O–H groups in total. The summed E-state index contributed by atoms with van der Waals surface area (Å²) >= 11 is 0. The first kappa shape index (κ1) is 10.1. The number of aliphatic hydroxyl groups is 1. The number of nitrogens with one attached hydrogen (secondary N) is 1. The summed E-state index contributed by atoms with van der Waals surface area (Å²) in [6.45, 7) is 0.795. The molecule has 0 amide bonds. The Bertz CT molecular complexity index is 157. The van der Waals surface area contributed by atoms with Gasteiger partial charge in [0.15, 0.2) is 0 Å². The summed E-state index contributed by atoms with van der Waals surface area (Å²) in [7, 11) is 0. The van der Waals surface area contributed by atoms with Crippen LogP contribution in [0.2, 0.25) is 0 Å². The molecule has 0 fully saturated rings. The smallest absolute Gasteiger partial charge is 0.323 e. The normalized spacial score (nSPS) is 12.5. The predicted octanol–water partition coefficient (Wildman–Crippen LogP) is -1.39. The van der Waals surface area contributed by atoms with Crippen LogP contribution in [-0.4, -0.2) is 41.2 Å². The van der Waals surface area contributed by atoms with Crippen LogP contribution in [0.1, 0.15) is 6.92 Å². The number of rotatable bonds is 5. The molecule has 5 nitrogen and oxygen atoms in total. The zero-order valence-corrected chi connectivity index (χ0v) is 6.20. The summed E-state index contributed by atoms with van der Waals surface area (Å²) in [5.74, 6) is -1.32. The van der Waals surface area contributed by atoms with Gasteiger partial charge in [0.2, 0.25) is 0 Å². The Labute approximate surface area is 64.0 Å². The minimum absolute atomic E-state index is 0.0302. The topological polar surface area (TPSA) is 86.6 Å². The molecule has 0 aromatic heterocycles. The Kier molecular flexibility index (Phi) is 4.40. The number of Topliss-reactive ketones (excluding diaryl/α,β-unsaturated/α-hetero) is 1. The van der Waals surface area contributed by atoms with E-state index >= 15 is 0 Å². The highest BCUT2D eigenvalue weighted by Gasteiger charge is 2.14. The lowest BCUT2D eigenvalue weighted by Gasteiger charge is -2.08. The number of hydrogen-bond acceptors (Lipinski definition) is 4. The maximum atomic E-state index is 10.3. The van der Waals surface area contributed by atoms with Gasteiger partial charge in [-0.15, -0.1) is 0 Å². The lowest BCUT2D eigenvalue weighted by atomic mass is 10.3. The molecule has 0 aliphatic carbocycles. The summed E-state index contributed by atoms with van der Waals surface area (Å²) < 4.78 is 0. The van der Waals surface area contributed by atoms with Crippen LogP contribution in [0.5, 0.6) is 0 Å². The Morgan fingerprint density at radius 2 is 2.09 bits per heavy atom. The molecule has 11 heavy (non-hydrogen) atoms. The number of carboxylic acid groups (broad SMARTS) is 1. The predicted molar refractivity (Wildman–Crippen MR) is 37.2 cm³/mol. The molecule has 0 heterocycles. The van der Waals surface area contributed by atoms with Gasteiger partial charge in [0, 0.05) is 0 Å². The van der Waals surface area contributed by atoms with Gasteiger partial charge in [0.25, 0.3) is 0 Å². The number of aliphatic hydroxyl groups excluding tert-OH is 1. The molecule has 64 valence electrons. The van der Waals surface area contributed by atoms with E-state index in [1.807, 2.05) is 0 Å². The largest absolute Gasteiger partial charge is 0.480 e. The van der Waals surface area contributed by atoms with Gasteiger partial charge in [-0.05, 0) is 6.92 Å². The summed E-state index contributed by atoms with van der Waals surface area (Å²) in [5.41, 5.74) is 0. The zero-order valence-electron chi connectivity index (χ0n) is 6.20. The highest BCUT2D eigenvalue weighted by atomic mass is 16.4. The lowest BCUT2D eigenvalue weighted by Crippen LogP contribution is -2.41. The zero-order chi connectivity index (χ0) is 8.85. The lowest BCUT2D eigenvalue weighted by molar-refractivity contribution is -0.140. The van der Waals surface area contributed by atoms with Crippen molar-refractivity contribution in [2.45, 2.75) is 13.0 Å². The minimum Gasteiger partial charge on any atom is -0.480 e. The molecule has 0 radical (unpaired) electrons. The molecule has 0 aliphatic heterocycles. The van der Waals surface area contributed by atoms with Crippen LogP contribution in [-0.2, 0) is 9.59 Å². The number of carbonyl (C=O) groups excluding carboxylic acids is 1. The van der Waals surface area contributed by atoms with Gasteiger partial charge in [0.05, 0.1) is 13.2 Å². The third-order valence-corrected chi connectivity index (χ3v) is 1.08. The first-order chi connectivity index (χ1) is 5.07. The van der Waals surface area contributed by atoms with E-state index in [2.05, 4.69) is 5.32 Å². The van der Waals surface area contributed by atoms with E-state index in [4.69, 9.17) is 10.2 Å². The van der Waals surface area contributed by atoms with Crippen LogP contribution in [0, 0.1) is 0 Å². The molecule has 0 aliphatic rings. The van der Waals surface area contributed by atoms with Crippen molar-refractivity contribution in [3.63, 3.8) is 0 Å². The first-order valence-electron chi connectivity index (χ1n) is 3.14. The maximum absolute atomic E-state index is 10.3. The van der Waals surface area contributed by atoms with E-state index in [0.717, 1.165) is 0 Å². The van der Waals surface area contributed by atoms with Crippen LogP contribution < -0.4 is 5.32 Å². The SMILES string of the molecule is CC(=O)CN[C@@H](CO)C(=O)O. The molecular weight excluding hydrogens is 150 g/mol. The molecule has 0 spiro atoms. The van der Waals surface area contributed by atoms with Crippen LogP contribution in [0.4, 0.5) is 0 Å². The van der Waals surface area contributed by atoms with E-state index in [0.29, 0.717) is 0 Å². The van der Waals surface area contributed by atoms with Crippen molar-refractivity contribution in [3.8, 4) is 0 Å². The number of carbonyl (C=O) groups is 2. The number of carboxylic acids is 1. The second-order valence-corrected chi connectivity index (χ2v) is 2.16.